The van der Waals surface area contributed by atoms with Crippen LogP contribution in [0.2, 0.25) is 5.02 Å². The molecule has 1 aliphatic rings. The summed E-state index contributed by atoms with van der Waals surface area (Å²) >= 11 is 5.82. The Labute approximate surface area is 198 Å². The lowest BCUT2D eigenvalue weighted by molar-refractivity contribution is -0.121. The highest BCUT2D eigenvalue weighted by Crippen LogP contribution is 2.29. The molecular weight excluding hydrogens is 440 g/mol. The summed E-state index contributed by atoms with van der Waals surface area (Å²) in [6, 6.07) is 6.54. The van der Waals surface area contributed by atoms with Gasteiger partial charge in [-0.1, -0.05) is 17.5 Å². The standard InChI is InChI=1S/C25H27ClN4O3/c1-17(31)6-3-2-4-7-18-9-11-19(12-10-18)24(32)29-21-8-5-15-27-23(21)25(33)30-22-14-13-20(26)16-28-22/h5,8,13-16,18-19H,2-3,6,9-12H2,1H3,(H,29,32)(H,28,30,33). The third-order valence-electron chi connectivity index (χ3n) is 5.48. The molecule has 2 heterocycles. The van der Waals surface area contributed by atoms with E-state index in [1.165, 1.54) is 12.4 Å². The summed E-state index contributed by atoms with van der Waals surface area (Å²) in [7, 11) is 0. The maximum Gasteiger partial charge on any atom is 0.277 e. The summed E-state index contributed by atoms with van der Waals surface area (Å²) in [5, 5.41) is 6.00. The van der Waals surface area contributed by atoms with Gasteiger partial charge in [-0.2, -0.15) is 0 Å². The number of rotatable bonds is 7. The molecule has 172 valence electrons. The van der Waals surface area contributed by atoms with Crippen LogP contribution in [0.25, 0.3) is 0 Å². The summed E-state index contributed by atoms with van der Waals surface area (Å²) in [4.78, 5) is 44.7. The first kappa shape index (κ1) is 24.4. The normalized spacial score (nSPS) is 17.4. The molecule has 1 aliphatic carbocycles. The summed E-state index contributed by atoms with van der Waals surface area (Å²) in [5.74, 6) is 6.56. The molecule has 33 heavy (non-hydrogen) atoms. The number of Topliss-reactive ketones (excluding diaryl/α,β-unsaturated/α-hetero) is 1. The highest BCUT2D eigenvalue weighted by Gasteiger charge is 2.26. The van der Waals surface area contributed by atoms with Crippen LogP contribution in [0.4, 0.5) is 11.5 Å². The molecule has 1 saturated carbocycles. The molecule has 2 aromatic heterocycles. The maximum absolute atomic E-state index is 12.8. The Morgan fingerprint density at radius 3 is 2.58 bits per heavy atom. The van der Waals surface area contributed by atoms with E-state index in [1.54, 1.807) is 31.2 Å². The fraction of sp³-hybridized carbons (Fsp3) is 0.400. The second-order valence-electron chi connectivity index (χ2n) is 8.13. The van der Waals surface area contributed by atoms with E-state index in [2.05, 4.69) is 32.4 Å². The number of nitrogens with zero attached hydrogens (tertiary/aromatic N) is 2. The highest BCUT2D eigenvalue weighted by atomic mass is 35.5. The summed E-state index contributed by atoms with van der Waals surface area (Å²) in [5.41, 5.74) is 0.481. The quantitative estimate of drug-likeness (QED) is 0.447. The van der Waals surface area contributed by atoms with Crippen molar-refractivity contribution < 1.29 is 14.4 Å². The number of pyridine rings is 2. The minimum atomic E-state index is -0.468. The number of amides is 2. The van der Waals surface area contributed by atoms with Crippen molar-refractivity contribution >= 4 is 40.7 Å². The first-order valence-corrected chi connectivity index (χ1v) is 11.5. The first-order chi connectivity index (χ1) is 15.9. The number of nitrogens with one attached hydrogen (secondary N) is 2. The van der Waals surface area contributed by atoms with Crippen molar-refractivity contribution in [3.8, 4) is 11.8 Å². The van der Waals surface area contributed by atoms with Crippen LogP contribution < -0.4 is 10.6 Å². The predicted molar refractivity (Wildman–Crippen MR) is 128 cm³/mol. The van der Waals surface area contributed by atoms with Crippen LogP contribution in [0.1, 0.15) is 62.4 Å². The largest absolute Gasteiger partial charge is 0.324 e. The number of carbonyl (C=O) groups is 3. The lowest BCUT2D eigenvalue weighted by Gasteiger charge is -2.25. The zero-order valence-corrected chi connectivity index (χ0v) is 19.3. The molecule has 7 nitrogen and oxygen atoms in total. The van der Waals surface area contributed by atoms with E-state index in [9.17, 15) is 14.4 Å². The molecule has 0 unspecified atom stereocenters. The Kier molecular flexibility index (Phi) is 8.96. The number of ketones is 1. The van der Waals surface area contributed by atoms with E-state index in [0.29, 0.717) is 22.9 Å². The van der Waals surface area contributed by atoms with E-state index >= 15 is 0 Å². The van der Waals surface area contributed by atoms with E-state index < -0.39 is 5.91 Å². The molecule has 0 aliphatic heterocycles. The number of carbonyl (C=O) groups excluding carboxylic acids is 3. The minimum Gasteiger partial charge on any atom is -0.324 e. The van der Waals surface area contributed by atoms with Crippen molar-refractivity contribution in [1.82, 2.24) is 9.97 Å². The molecule has 8 heteroatoms. The molecule has 2 N–H and O–H groups in total. The third kappa shape index (κ3) is 7.69. The summed E-state index contributed by atoms with van der Waals surface area (Å²) in [6.07, 6.45) is 8.26. The molecule has 0 spiro atoms. The van der Waals surface area contributed by atoms with Gasteiger partial charge in [-0.25, -0.2) is 9.97 Å². The van der Waals surface area contributed by atoms with Crippen molar-refractivity contribution in [2.45, 2.75) is 51.9 Å². The van der Waals surface area contributed by atoms with Crippen LogP contribution in [-0.4, -0.2) is 27.6 Å². The van der Waals surface area contributed by atoms with Crippen LogP contribution >= 0.6 is 11.6 Å². The van der Waals surface area contributed by atoms with Crippen LogP contribution in [0.15, 0.2) is 36.7 Å². The monoisotopic (exact) mass is 466 g/mol. The van der Waals surface area contributed by atoms with Crippen LogP contribution in [-0.2, 0) is 9.59 Å². The van der Waals surface area contributed by atoms with Gasteiger partial charge in [-0.3, -0.25) is 9.59 Å². The highest BCUT2D eigenvalue weighted by molar-refractivity contribution is 6.30. The van der Waals surface area contributed by atoms with E-state index in [1.807, 2.05) is 0 Å². The third-order valence-corrected chi connectivity index (χ3v) is 5.71. The molecule has 2 aromatic rings. The SMILES string of the molecule is CC(=O)CCCC#CC1CCC(C(=O)Nc2cccnc2C(=O)Nc2ccc(Cl)cn2)CC1. The first-order valence-electron chi connectivity index (χ1n) is 11.1. The minimum absolute atomic E-state index is 0.116. The van der Waals surface area contributed by atoms with Crippen molar-refractivity contribution in [3.63, 3.8) is 0 Å². The molecular formula is C25H27ClN4O3. The van der Waals surface area contributed by atoms with Crippen LogP contribution in [0.3, 0.4) is 0 Å². The van der Waals surface area contributed by atoms with E-state index in [0.717, 1.165) is 38.5 Å². The molecule has 0 atom stereocenters. The average molecular weight is 467 g/mol. The molecule has 0 radical (unpaired) electrons. The zero-order chi connectivity index (χ0) is 23.6. The zero-order valence-electron chi connectivity index (χ0n) is 18.6. The number of halogens is 1. The van der Waals surface area contributed by atoms with Crippen LogP contribution in [0, 0.1) is 23.7 Å². The Morgan fingerprint density at radius 2 is 1.88 bits per heavy atom. The number of unbranched alkanes of at least 4 members (excludes halogenated alkanes) is 1. The Balaban J connectivity index is 1.53. The fourth-order valence-electron chi connectivity index (χ4n) is 3.69. The Hall–Kier alpha value is -3.24. The van der Waals surface area contributed by atoms with Crippen molar-refractivity contribution in [3.05, 3.63) is 47.4 Å². The molecule has 1 fully saturated rings. The van der Waals surface area contributed by atoms with Gasteiger partial charge in [0.15, 0.2) is 5.69 Å². The topological polar surface area (TPSA) is 101 Å². The van der Waals surface area contributed by atoms with Gasteiger partial charge in [-0.15, -0.1) is 5.92 Å². The second kappa shape index (κ2) is 12.1. The number of anilines is 2. The molecule has 3 rings (SSSR count). The smallest absolute Gasteiger partial charge is 0.277 e. The van der Waals surface area contributed by atoms with Gasteiger partial charge in [0.1, 0.15) is 11.6 Å². The van der Waals surface area contributed by atoms with Crippen molar-refractivity contribution in [1.29, 1.82) is 0 Å². The second-order valence-corrected chi connectivity index (χ2v) is 8.57. The van der Waals surface area contributed by atoms with Crippen molar-refractivity contribution in [2.24, 2.45) is 11.8 Å². The maximum atomic E-state index is 12.8. The van der Waals surface area contributed by atoms with E-state index in [-0.39, 0.29) is 29.2 Å². The van der Waals surface area contributed by atoms with Gasteiger partial charge in [0.25, 0.3) is 5.91 Å². The van der Waals surface area contributed by atoms with Gasteiger partial charge in [0.2, 0.25) is 5.91 Å². The van der Waals surface area contributed by atoms with Gasteiger partial charge in [0, 0.05) is 37.1 Å². The van der Waals surface area contributed by atoms with Crippen LogP contribution in [0.5, 0.6) is 0 Å². The van der Waals surface area contributed by atoms with Gasteiger partial charge >= 0.3 is 0 Å². The lowest BCUT2D eigenvalue weighted by Crippen LogP contribution is -2.28. The predicted octanol–water partition coefficient (Wildman–Crippen LogP) is 4.89. The molecule has 2 amide bonds. The number of hydrogen-bond acceptors (Lipinski definition) is 5. The fourth-order valence-corrected chi connectivity index (χ4v) is 3.80. The molecule has 0 saturated heterocycles. The Morgan fingerprint density at radius 1 is 1.09 bits per heavy atom. The summed E-state index contributed by atoms with van der Waals surface area (Å²) < 4.78 is 0. The lowest BCUT2D eigenvalue weighted by atomic mass is 9.82. The van der Waals surface area contributed by atoms with Gasteiger partial charge in [-0.05, 0) is 63.3 Å². The number of aromatic nitrogens is 2. The van der Waals surface area contributed by atoms with Gasteiger partial charge < -0.3 is 15.4 Å². The van der Waals surface area contributed by atoms with Crippen molar-refractivity contribution in [2.75, 3.05) is 10.6 Å². The summed E-state index contributed by atoms with van der Waals surface area (Å²) in [6.45, 7) is 1.59. The van der Waals surface area contributed by atoms with E-state index in [4.69, 9.17) is 11.6 Å². The number of hydrogen-bond donors (Lipinski definition) is 2. The Bertz CT molecular complexity index is 1050. The average Bonchev–Trinajstić information content (AvgIpc) is 2.81. The molecule has 0 bridgehead atoms. The molecule has 0 aromatic carbocycles. The van der Waals surface area contributed by atoms with Gasteiger partial charge in [0.05, 0.1) is 10.7 Å².